The monoisotopic (exact) mass is 283 g/mol. The van der Waals surface area contributed by atoms with E-state index in [1.54, 1.807) is 23.1 Å². The molecule has 3 aromatic rings. The molecule has 0 amide bonds. The Balaban J connectivity index is 2.17. The molecule has 2 aromatic carbocycles. The summed E-state index contributed by atoms with van der Waals surface area (Å²) < 4.78 is 1.11. The molecule has 0 aliphatic rings. The lowest BCUT2D eigenvalue weighted by Gasteiger charge is -2.02. The van der Waals surface area contributed by atoms with Gasteiger partial charge in [0.25, 0.3) is 0 Å². The van der Waals surface area contributed by atoms with Crippen molar-refractivity contribution in [2.24, 2.45) is 0 Å². The summed E-state index contributed by atoms with van der Waals surface area (Å²) in [6.45, 7) is 0. The van der Waals surface area contributed by atoms with Crippen LogP contribution in [0.3, 0.4) is 0 Å². The van der Waals surface area contributed by atoms with Gasteiger partial charge in [0.2, 0.25) is 0 Å². The van der Waals surface area contributed by atoms with Crippen LogP contribution in [0.5, 0.6) is 0 Å². The number of hydrogen-bond donors (Lipinski definition) is 0. The molecular formula is C16H13NS2. The fourth-order valence-corrected chi connectivity index (χ4v) is 3.56. The molecule has 0 saturated carbocycles. The molecule has 3 rings (SSSR count). The first-order chi connectivity index (χ1) is 9.38. The van der Waals surface area contributed by atoms with Crippen molar-refractivity contribution in [1.82, 2.24) is 4.98 Å². The smallest absolute Gasteiger partial charge is 0.150 e. The van der Waals surface area contributed by atoms with Crippen molar-refractivity contribution in [3.8, 4) is 21.7 Å². The number of nitrogens with zero attached hydrogens (tertiary/aromatic N) is 1. The second-order valence-electron chi connectivity index (χ2n) is 4.09. The second kappa shape index (κ2) is 5.59. The van der Waals surface area contributed by atoms with Gasteiger partial charge in [0.05, 0.1) is 10.6 Å². The number of benzene rings is 2. The molecule has 3 heteroatoms. The lowest BCUT2D eigenvalue weighted by molar-refractivity contribution is 1.26. The van der Waals surface area contributed by atoms with Gasteiger partial charge in [-0.1, -0.05) is 72.4 Å². The molecule has 0 aliphatic carbocycles. The van der Waals surface area contributed by atoms with Crippen molar-refractivity contribution in [1.29, 1.82) is 0 Å². The summed E-state index contributed by atoms with van der Waals surface area (Å²) in [4.78, 5) is 6.00. The van der Waals surface area contributed by atoms with Gasteiger partial charge in [0, 0.05) is 5.56 Å². The molecule has 0 saturated heterocycles. The minimum absolute atomic E-state index is 1.08. The lowest BCUT2D eigenvalue weighted by Crippen LogP contribution is -1.81. The fraction of sp³-hybridized carbons (Fsp3) is 0.0625. The zero-order valence-electron chi connectivity index (χ0n) is 10.5. The maximum Gasteiger partial charge on any atom is 0.150 e. The predicted molar refractivity (Wildman–Crippen MR) is 84.8 cm³/mol. The summed E-state index contributed by atoms with van der Waals surface area (Å²) in [5.74, 6) is 0. The topological polar surface area (TPSA) is 12.9 Å². The molecule has 0 unspecified atom stereocenters. The Morgan fingerprint density at radius 3 is 2.00 bits per heavy atom. The van der Waals surface area contributed by atoms with E-state index in [-0.39, 0.29) is 0 Å². The van der Waals surface area contributed by atoms with Crippen molar-refractivity contribution in [2.45, 2.75) is 4.34 Å². The van der Waals surface area contributed by atoms with Crippen molar-refractivity contribution < 1.29 is 0 Å². The molecule has 0 bridgehead atoms. The first-order valence-corrected chi connectivity index (χ1v) is 8.08. The molecule has 1 heterocycles. The number of rotatable bonds is 3. The standard InChI is InChI=1S/C16H13NS2/c1-18-16-17-14(12-8-4-2-5-9-12)15(19-16)13-10-6-3-7-11-13/h2-11H,1H3. The molecule has 19 heavy (non-hydrogen) atoms. The molecule has 1 nitrogen and oxygen atoms in total. The predicted octanol–water partition coefficient (Wildman–Crippen LogP) is 5.20. The highest BCUT2D eigenvalue weighted by molar-refractivity contribution is 8.00. The molecular weight excluding hydrogens is 270 g/mol. The van der Waals surface area contributed by atoms with Crippen LogP contribution in [0.2, 0.25) is 0 Å². The molecule has 0 radical (unpaired) electrons. The van der Waals surface area contributed by atoms with E-state index in [4.69, 9.17) is 4.98 Å². The highest BCUT2D eigenvalue weighted by Crippen LogP contribution is 2.39. The van der Waals surface area contributed by atoms with E-state index in [1.807, 2.05) is 12.1 Å². The van der Waals surface area contributed by atoms with Gasteiger partial charge in [-0.15, -0.1) is 11.3 Å². The second-order valence-corrected chi connectivity index (χ2v) is 6.15. The van der Waals surface area contributed by atoms with Crippen LogP contribution in [-0.2, 0) is 0 Å². The van der Waals surface area contributed by atoms with Crippen molar-refractivity contribution in [3.05, 3.63) is 60.7 Å². The van der Waals surface area contributed by atoms with Crippen LogP contribution in [0.1, 0.15) is 0 Å². The van der Waals surface area contributed by atoms with Crippen molar-refractivity contribution >= 4 is 23.1 Å². The van der Waals surface area contributed by atoms with Gasteiger partial charge in [-0.3, -0.25) is 0 Å². The number of thioether (sulfide) groups is 1. The highest BCUT2D eigenvalue weighted by Gasteiger charge is 2.13. The quantitative estimate of drug-likeness (QED) is 0.613. The average Bonchev–Trinajstić information content (AvgIpc) is 2.93. The van der Waals surface area contributed by atoms with Crippen LogP contribution in [0.25, 0.3) is 21.7 Å². The van der Waals surface area contributed by atoms with Gasteiger partial charge in [-0.2, -0.15) is 0 Å². The Kier molecular flexibility index (Phi) is 3.67. The van der Waals surface area contributed by atoms with Crippen LogP contribution in [0, 0.1) is 0 Å². The minimum atomic E-state index is 1.08. The molecule has 0 aliphatic heterocycles. The van der Waals surface area contributed by atoms with Crippen LogP contribution < -0.4 is 0 Å². The van der Waals surface area contributed by atoms with E-state index in [0.717, 1.165) is 10.0 Å². The summed E-state index contributed by atoms with van der Waals surface area (Å²) in [6.07, 6.45) is 2.07. The van der Waals surface area contributed by atoms with E-state index in [1.165, 1.54) is 16.0 Å². The van der Waals surface area contributed by atoms with Gasteiger partial charge < -0.3 is 0 Å². The Hall–Kier alpha value is -1.58. The molecule has 0 fully saturated rings. The zero-order chi connectivity index (χ0) is 13.1. The average molecular weight is 283 g/mol. The normalized spacial score (nSPS) is 10.6. The van der Waals surface area contributed by atoms with Gasteiger partial charge >= 0.3 is 0 Å². The summed E-state index contributed by atoms with van der Waals surface area (Å²) in [6, 6.07) is 20.9. The first kappa shape index (κ1) is 12.5. The van der Waals surface area contributed by atoms with Gasteiger partial charge in [0.15, 0.2) is 4.34 Å². The van der Waals surface area contributed by atoms with Crippen molar-refractivity contribution in [2.75, 3.05) is 6.26 Å². The molecule has 94 valence electrons. The van der Waals surface area contributed by atoms with Gasteiger partial charge in [-0.25, -0.2) is 4.98 Å². The minimum Gasteiger partial charge on any atom is -0.229 e. The van der Waals surface area contributed by atoms with Crippen LogP contribution in [-0.4, -0.2) is 11.2 Å². The van der Waals surface area contributed by atoms with Crippen molar-refractivity contribution in [3.63, 3.8) is 0 Å². The van der Waals surface area contributed by atoms with E-state index >= 15 is 0 Å². The largest absolute Gasteiger partial charge is 0.229 e. The van der Waals surface area contributed by atoms with E-state index in [0.29, 0.717) is 0 Å². The fourth-order valence-electron chi connectivity index (χ4n) is 1.96. The summed E-state index contributed by atoms with van der Waals surface area (Å²) >= 11 is 3.46. The third-order valence-electron chi connectivity index (χ3n) is 2.87. The molecule has 1 aromatic heterocycles. The third kappa shape index (κ3) is 2.57. The maximum atomic E-state index is 4.76. The van der Waals surface area contributed by atoms with E-state index in [9.17, 15) is 0 Å². The van der Waals surface area contributed by atoms with Gasteiger partial charge in [0.1, 0.15) is 0 Å². The molecule has 0 N–H and O–H groups in total. The SMILES string of the molecule is CSc1nc(-c2ccccc2)c(-c2ccccc2)s1. The van der Waals surface area contributed by atoms with E-state index < -0.39 is 0 Å². The zero-order valence-corrected chi connectivity index (χ0v) is 12.2. The van der Waals surface area contributed by atoms with E-state index in [2.05, 4.69) is 54.8 Å². The molecule has 0 spiro atoms. The summed E-state index contributed by atoms with van der Waals surface area (Å²) in [7, 11) is 0. The number of thiazole rings is 1. The van der Waals surface area contributed by atoms with Crippen LogP contribution in [0.15, 0.2) is 65.0 Å². The third-order valence-corrected chi connectivity index (χ3v) is 4.95. The highest BCUT2D eigenvalue weighted by atomic mass is 32.2. The Morgan fingerprint density at radius 1 is 0.842 bits per heavy atom. The lowest BCUT2D eigenvalue weighted by atomic mass is 10.1. The first-order valence-electron chi connectivity index (χ1n) is 6.04. The Morgan fingerprint density at radius 2 is 1.42 bits per heavy atom. The van der Waals surface area contributed by atoms with Gasteiger partial charge in [-0.05, 0) is 11.8 Å². The van der Waals surface area contributed by atoms with Crippen LogP contribution in [0.4, 0.5) is 0 Å². The number of aromatic nitrogens is 1. The molecule has 0 atom stereocenters. The Labute approximate surface area is 121 Å². The summed E-state index contributed by atoms with van der Waals surface area (Å²) in [5, 5.41) is 0. The maximum absolute atomic E-state index is 4.76. The van der Waals surface area contributed by atoms with Crippen LogP contribution >= 0.6 is 23.1 Å². The number of hydrogen-bond acceptors (Lipinski definition) is 3. The Bertz CT molecular complexity index is 603. The summed E-state index contributed by atoms with van der Waals surface area (Å²) in [5.41, 5.74) is 3.50.